The molecule has 0 bridgehead atoms. The van der Waals surface area contributed by atoms with Gasteiger partial charge in [0.1, 0.15) is 0 Å². The van der Waals surface area contributed by atoms with E-state index in [4.69, 9.17) is 10.5 Å². The summed E-state index contributed by atoms with van der Waals surface area (Å²) in [5.74, 6) is -0.418. The number of nitrogens with two attached hydrogens (primary N) is 1. The second-order valence-electron chi connectivity index (χ2n) is 9.55. The van der Waals surface area contributed by atoms with E-state index in [0.29, 0.717) is 24.3 Å². The van der Waals surface area contributed by atoms with Gasteiger partial charge in [-0.05, 0) is 63.4 Å². The average molecular weight is 453 g/mol. The molecular weight excluding hydrogens is 412 g/mol. The van der Waals surface area contributed by atoms with E-state index < -0.39 is 5.92 Å². The van der Waals surface area contributed by atoms with E-state index in [0.717, 1.165) is 36.2 Å². The summed E-state index contributed by atoms with van der Waals surface area (Å²) in [4.78, 5) is 15.1. The van der Waals surface area contributed by atoms with E-state index in [1.165, 1.54) is 0 Å². The lowest BCUT2D eigenvalue weighted by Crippen LogP contribution is -2.35. The zero-order valence-electron chi connectivity index (χ0n) is 21.1. The van der Waals surface area contributed by atoms with Gasteiger partial charge in [0.25, 0.3) is 0 Å². The van der Waals surface area contributed by atoms with Crippen molar-refractivity contribution in [2.45, 2.75) is 66.8 Å². The Kier molecular flexibility index (Phi) is 9.70. The van der Waals surface area contributed by atoms with Crippen LogP contribution >= 0.6 is 0 Å². The zero-order chi connectivity index (χ0) is 24.6. The number of ether oxygens (including phenoxy) is 1. The molecule has 3 N–H and O–H groups in total. The molecule has 0 saturated carbocycles. The van der Waals surface area contributed by atoms with E-state index in [2.05, 4.69) is 50.1 Å². The smallest absolute Gasteiger partial charge is 0.158 e. The first-order valence-corrected chi connectivity index (χ1v) is 11.9. The van der Waals surface area contributed by atoms with Gasteiger partial charge in [0.05, 0.1) is 29.9 Å². The van der Waals surface area contributed by atoms with Crippen molar-refractivity contribution in [3.63, 3.8) is 0 Å². The molecular formula is C27H40N4O2. The molecule has 2 aliphatic rings. The Morgan fingerprint density at radius 3 is 2.67 bits per heavy atom. The van der Waals surface area contributed by atoms with E-state index >= 15 is 0 Å². The molecule has 2 unspecified atom stereocenters. The molecule has 0 saturated heterocycles. The predicted molar refractivity (Wildman–Crippen MR) is 133 cm³/mol. The molecule has 0 fully saturated rings. The molecule has 0 aromatic heterocycles. The summed E-state index contributed by atoms with van der Waals surface area (Å²) in [6, 6.07) is 2.51. The molecule has 0 aromatic rings. The van der Waals surface area contributed by atoms with Crippen LogP contribution in [0.5, 0.6) is 0 Å². The third kappa shape index (κ3) is 6.69. The number of nitrogens with zero attached hydrogens (tertiary/aromatic N) is 2. The van der Waals surface area contributed by atoms with E-state index in [1.807, 2.05) is 31.5 Å². The highest BCUT2D eigenvalue weighted by Gasteiger charge is 2.37. The molecule has 0 amide bonds. The Morgan fingerprint density at radius 1 is 1.39 bits per heavy atom. The minimum absolute atomic E-state index is 0.00996. The normalized spacial score (nSPS) is 21.4. The number of rotatable bonds is 11. The lowest BCUT2D eigenvalue weighted by Gasteiger charge is -2.36. The molecule has 0 radical (unpaired) electrons. The number of hydrogen-bond donors (Lipinski definition) is 2. The van der Waals surface area contributed by atoms with Crippen LogP contribution in [0.2, 0.25) is 0 Å². The lowest BCUT2D eigenvalue weighted by molar-refractivity contribution is -0.114. The van der Waals surface area contributed by atoms with Crippen LogP contribution in [-0.4, -0.2) is 36.5 Å². The van der Waals surface area contributed by atoms with E-state index in [9.17, 15) is 10.1 Å². The Labute approximate surface area is 199 Å². The third-order valence-corrected chi connectivity index (χ3v) is 6.38. The first-order chi connectivity index (χ1) is 15.7. The number of carbonyl (C=O) groups excluding carboxylic acids is 1. The van der Waals surface area contributed by atoms with E-state index in [1.54, 1.807) is 6.92 Å². The maximum absolute atomic E-state index is 13.0. The van der Waals surface area contributed by atoms with Crippen LogP contribution in [0, 0.1) is 22.7 Å². The van der Waals surface area contributed by atoms with Crippen molar-refractivity contribution < 1.29 is 9.53 Å². The molecule has 33 heavy (non-hydrogen) atoms. The first-order valence-electron chi connectivity index (χ1n) is 11.9. The second-order valence-corrected chi connectivity index (χ2v) is 9.55. The van der Waals surface area contributed by atoms with Crippen molar-refractivity contribution in [1.82, 2.24) is 10.2 Å². The van der Waals surface area contributed by atoms with Crippen LogP contribution in [0.15, 0.2) is 58.7 Å². The SMILES string of the molecule is C/C=C\N1C=CC(C2C(C#N)=C(COCCCN)NC(CC(C)(C)CC)=C2C(C)=O)=CC1C. The number of ketones is 1. The maximum atomic E-state index is 13.0. The van der Waals surface area contributed by atoms with Crippen molar-refractivity contribution in [3.05, 3.63) is 58.7 Å². The summed E-state index contributed by atoms with van der Waals surface area (Å²) < 4.78 is 5.84. The van der Waals surface area contributed by atoms with Gasteiger partial charge in [-0.25, -0.2) is 0 Å². The molecule has 2 aliphatic heterocycles. The molecule has 180 valence electrons. The van der Waals surface area contributed by atoms with Gasteiger partial charge >= 0.3 is 0 Å². The van der Waals surface area contributed by atoms with Gasteiger partial charge in [-0.1, -0.05) is 39.3 Å². The number of hydrogen-bond acceptors (Lipinski definition) is 6. The Morgan fingerprint density at radius 2 is 2.12 bits per heavy atom. The van der Waals surface area contributed by atoms with Gasteiger partial charge in [0.2, 0.25) is 0 Å². The number of allylic oxidation sites excluding steroid dienone is 6. The molecule has 6 nitrogen and oxygen atoms in total. The van der Waals surface area contributed by atoms with Crippen molar-refractivity contribution in [1.29, 1.82) is 5.26 Å². The fourth-order valence-corrected chi connectivity index (χ4v) is 4.19. The number of nitrogens with one attached hydrogen (secondary N) is 1. The summed E-state index contributed by atoms with van der Waals surface area (Å²) >= 11 is 0. The molecule has 0 aromatic carbocycles. The van der Waals surface area contributed by atoms with Gasteiger partial charge in [0.15, 0.2) is 5.78 Å². The quantitative estimate of drug-likeness (QED) is 0.442. The molecule has 0 spiro atoms. The van der Waals surface area contributed by atoms with Crippen LogP contribution in [-0.2, 0) is 9.53 Å². The summed E-state index contributed by atoms with van der Waals surface area (Å²) in [5.41, 5.74) is 9.44. The van der Waals surface area contributed by atoms with Crippen LogP contribution in [0.1, 0.15) is 60.8 Å². The lowest BCUT2D eigenvalue weighted by atomic mass is 9.74. The first kappa shape index (κ1) is 26.6. The summed E-state index contributed by atoms with van der Waals surface area (Å²) in [6.07, 6.45) is 12.6. The summed E-state index contributed by atoms with van der Waals surface area (Å²) in [6.45, 7) is 13.6. The number of Topliss-reactive ketones (excluding diaryl/α,β-unsaturated/α-hetero) is 1. The molecule has 2 heterocycles. The summed E-state index contributed by atoms with van der Waals surface area (Å²) in [5, 5.41) is 13.7. The number of carbonyl (C=O) groups is 1. The van der Waals surface area contributed by atoms with Gasteiger partial charge in [-0.3, -0.25) is 4.79 Å². The monoisotopic (exact) mass is 452 g/mol. The Hall–Kier alpha value is -2.62. The van der Waals surface area contributed by atoms with Crippen LogP contribution in [0.3, 0.4) is 0 Å². The fourth-order valence-electron chi connectivity index (χ4n) is 4.19. The van der Waals surface area contributed by atoms with Crippen molar-refractivity contribution >= 4 is 5.78 Å². The van der Waals surface area contributed by atoms with Gasteiger partial charge in [-0.2, -0.15) is 5.26 Å². The van der Waals surface area contributed by atoms with Gasteiger partial charge in [0, 0.05) is 30.1 Å². The van der Waals surface area contributed by atoms with Crippen LogP contribution in [0.4, 0.5) is 0 Å². The highest BCUT2D eigenvalue weighted by molar-refractivity contribution is 5.96. The molecule has 2 rings (SSSR count). The molecule has 6 heteroatoms. The van der Waals surface area contributed by atoms with E-state index in [-0.39, 0.29) is 23.8 Å². The largest absolute Gasteiger partial charge is 0.375 e. The van der Waals surface area contributed by atoms with Crippen molar-refractivity contribution in [3.8, 4) is 6.07 Å². The number of dihydropyridines is 1. The van der Waals surface area contributed by atoms with Gasteiger partial charge < -0.3 is 20.7 Å². The minimum atomic E-state index is -0.407. The second kappa shape index (κ2) is 12.0. The predicted octanol–water partition coefficient (Wildman–Crippen LogP) is 4.70. The van der Waals surface area contributed by atoms with Crippen molar-refractivity contribution in [2.75, 3.05) is 19.8 Å². The Balaban J connectivity index is 2.59. The molecule has 2 atom stereocenters. The highest BCUT2D eigenvalue weighted by atomic mass is 16.5. The third-order valence-electron chi connectivity index (χ3n) is 6.38. The van der Waals surface area contributed by atoms with Crippen molar-refractivity contribution in [2.24, 2.45) is 17.1 Å². The van der Waals surface area contributed by atoms with Crippen LogP contribution < -0.4 is 11.1 Å². The fraction of sp³-hybridized carbons (Fsp3) is 0.556. The summed E-state index contributed by atoms with van der Waals surface area (Å²) in [7, 11) is 0. The standard InChI is InChI=1S/C27H40N4O2/c1-7-12-31-13-10-21(15-19(31)3)26-22(17-29)24(18-33-14-9-11-28)30-23(25(26)20(4)32)16-27(5,6)8-2/h7,10,12-13,15,19,26,30H,8-9,11,14,16,18,28H2,1-6H3/b12-7-. The minimum Gasteiger partial charge on any atom is -0.375 e. The average Bonchev–Trinajstić information content (AvgIpc) is 2.77. The topological polar surface area (TPSA) is 91.4 Å². The maximum Gasteiger partial charge on any atom is 0.158 e. The van der Waals surface area contributed by atoms with Gasteiger partial charge in [-0.15, -0.1) is 0 Å². The number of nitriles is 1. The highest BCUT2D eigenvalue weighted by Crippen LogP contribution is 2.41. The van der Waals surface area contributed by atoms with Crippen LogP contribution in [0.25, 0.3) is 0 Å². The molecule has 0 aliphatic carbocycles. The Bertz CT molecular complexity index is 915. The zero-order valence-corrected chi connectivity index (χ0v) is 21.1.